The van der Waals surface area contributed by atoms with Crippen LogP contribution in [0.1, 0.15) is 6.42 Å². The maximum atomic E-state index is 11.6. The Kier molecular flexibility index (Phi) is 7.87. The van der Waals surface area contributed by atoms with Crippen molar-refractivity contribution in [2.75, 3.05) is 26.4 Å². The highest BCUT2D eigenvalue weighted by molar-refractivity contribution is 6.26. The van der Waals surface area contributed by atoms with E-state index in [0.717, 1.165) is 0 Å². The number of carboxylic acid groups (broad SMARTS) is 3. The highest BCUT2D eigenvalue weighted by Crippen LogP contribution is 2.20. The van der Waals surface area contributed by atoms with E-state index in [1.807, 2.05) is 0 Å². The molecule has 0 bridgehead atoms. The van der Waals surface area contributed by atoms with Crippen LogP contribution >= 0.6 is 0 Å². The van der Waals surface area contributed by atoms with Gasteiger partial charge in [0.2, 0.25) is 0 Å². The van der Waals surface area contributed by atoms with Crippen LogP contribution in [0.15, 0.2) is 11.1 Å². The van der Waals surface area contributed by atoms with Crippen molar-refractivity contribution in [3.63, 3.8) is 0 Å². The predicted octanol–water partition coefficient (Wildman–Crippen LogP) is -2.57. The van der Waals surface area contributed by atoms with Gasteiger partial charge in [-0.1, -0.05) is 0 Å². The van der Waals surface area contributed by atoms with Crippen LogP contribution in [-0.2, 0) is 23.9 Å². The summed E-state index contributed by atoms with van der Waals surface area (Å²) >= 11 is 0. The molecule has 11 nitrogen and oxygen atoms in total. The second kappa shape index (κ2) is 8.82. The van der Waals surface area contributed by atoms with Crippen molar-refractivity contribution in [3.05, 3.63) is 11.1 Å². The third kappa shape index (κ3) is 5.32. The molecule has 0 saturated carbocycles. The fourth-order valence-corrected chi connectivity index (χ4v) is 1.42. The van der Waals surface area contributed by atoms with Crippen LogP contribution in [0.4, 0.5) is 0 Å². The van der Waals surface area contributed by atoms with Crippen LogP contribution in [0.25, 0.3) is 0 Å². The Hall–Kier alpha value is -2.50. The summed E-state index contributed by atoms with van der Waals surface area (Å²) < 4.78 is 4.47. The quantitative estimate of drug-likeness (QED) is 0.106. The van der Waals surface area contributed by atoms with Crippen molar-refractivity contribution >= 4 is 23.9 Å². The summed E-state index contributed by atoms with van der Waals surface area (Å²) in [6.07, 6.45) is -0.273. The van der Waals surface area contributed by atoms with Crippen LogP contribution in [0, 0.1) is 5.41 Å². The van der Waals surface area contributed by atoms with Gasteiger partial charge >= 0.3 is 23.9 Å². The fraction of sp³-hybridized carbons (Fsp3) is 0.500. The number of carbonyl (C=O) groups is 4. The average Bonchev–Trinajstić information content (AvgIpc) is 2.48. The molecule has 0 heterocycles. The molecule has 0 aliphatic rings. The van der Waals surface area contributed by atoms with Crippen molar-refractivity contribution in [2.24, 2.45) is 5.41 Å². The SMILES string of the molecule is O=C(O)C(C(=O)O)=C(C(=O)O)C(=O)OCCC(CO)(CO)CO. The number of aliphatic hydroxyl groups excluding tert-OH is 3. The van der Waals surface area contributed by atoms with E-state index in [4.69, 9.17) is 30.6 Å². The largest absolute Gasteiger partial charge is 0.477 e. The summed E-state index contributed by atoms with van der Waals surface area (Å²) in [7, 11) is 0. The third-order valence-electron chi connectivity index (χ3n) is 2.97. The molecule has 130 valence electrons. The normalized spacial score (nSPS) is 10.7. The second-order valence-corrected chi connectivity index (χ2v) is 4.53. The number of carbonyl (C=O) groups excluding carboxylic acids is 1. The number of hydrogen-bond acceptors (Lipinski definition) is 8. The number of aliphatic carboxylic acids is 3. The van der Waals surface area contributed by atoms with Gasteiger partial charge in [-0.15, -0.1) is 0 Å². The number of rotatable bonds is 10. The molecule has 0 unspecified atom stereocenters. The van der Waals surface area contributed by atoms with Gasteiger partial charge in [-0.25, -0.2) is 19.2 Å². The smallest absolute Gasteiger partial charge is 0.346 e. The van der Waals surface area contributed by atoms with Crippen molar-refractivity contribution < 1.29 is 54.6 Å². The summed E-state index contributed by atoms with van der Waals surface area (Å²) in [4.78, 5) is 44.0. The molecule has 0 aromatic carbocycles. The first-order valence-corrected chi connectivity index (χ1v) is 6.09. The lowest BCUT2D eigenvalue weighted by Gasteiger charge is -2.26. The molecule has 0 radical (unpaired) electrons. The van der Waals surface area contributed by atoms with Gasteiger partial charge in [0.25, 0.3) is 0 Å². The van der Waals surface area contributed by atoms with Gasteiger partial charge in [-0.2, -0.15) is 0 Å². The van der Waals surface area contributed by atoms with Gasteiger partial charge in [0, 0.05) is 5.41 Å². The number of carboxylic acids is 3. The molecule has 0 spiro atoms. The third-order valence-corrected chi connectivity index (χ3v) is 2.97. The standard InChI is InChI=1S/C12H16O11/c13-3-12(4-14,5-15)1-2-23-11(22)7(10(20)21)6(8(16)17)9(18)19/h13-15H,1-5H2,(H,16,17)(H,18,19)(H,20,21). The molecule has 0 fully saturated rings. The first-order chi connectivity index (χ1) is 10.7. The molecule has 11 heteroatoms. The van der Waals surface area contributed by atoms with E-state index in [1.165, 1.54) is 0 Å². The number of aliphatic hydroxyl groups is 3. The number of esters is 1. The summed E-state index contributed by atoms with van der Waals surface area (Å²) in [5.74, 6) is -8.09. The van der Waals surface area contributed by atoms with E-state index in [-0.39, 0.29) is 6.42 Å². The molecule has 0 aromatic heterocycles. The van der Waals surface area contributed by atoms with E-state index in [2.05, 4.69) is 4.74 Å². The molecule has 0 aliphatic heterocycles. The first-order valence-electron chi connectivity index (χ1n) is 6.09. The molecule has 0 aromatic rings. The van der Waals surface area contributed by atoms with Gasteiger partial charge in [-0.05, 0) is 6.42 Å². The molecule has 0 atom stereocenters. The number of hydrogen-bond donors (Lipinski definition) is 6. The lowest BCUT2D eigenvalue weighted by atomic mass is 9.88. The maximum absolute atomic E-state index is 11.6. The zero-order chi connectivity index (χ0) is 18.2. The Morgan fingerprint density at radius 3 is 1.43 bits per heavy atom. The van der Waals surface area contributed by atoms with Gasteiger partial charge in [-0.3, -0.25) is 0 Å². The molecular weight excluding hydrogens is 320 g/mol. The van der Waals surface area contributed by atoms with Gasteiger partial charge in [0.15, 0.2) is 11.1 Å². The number of ether oxygens (including phenoxy) is 1. The molecule has 23 heavy (non-hydrogen) atoms. The molecule has 6 N–H and O–H groups in total. The highest BCUT2D eigenvalue weighted by atomic mass is 16.5. The maximum Gasteiger partial charge on any atom is 0.346 e. The fourth-order valence-electron chi connectivity index (χ4n) is 1.42. The van der Waals surface area contributed by atoms with Crippen molar-refractivity contribution in [3.8, 4) is 0 Å². The molecule has 0 aliphatic carbocycles. The summed E-state index contributed by atoms with van der Waals surface area (Å²) in [5, 5.41) is 53.3. The zero-order valence-electron chi connectivity index (χ0n) is 11.8. The Bertz CT molecular complexity index is 491. The lowest BCUT2D eigenvalue weighted by Crippen LogP contribution is -2.35. The van der Waals surface area contributed by atoms with E-state index in [1.54, 1.807) is 0 Å². The monoisotopic (exact) mass is 336 g/mol. The average molecular weight is 336 g/mol. The molecular formula is C12H16O11. The summed E-state index contributed by atoms with van der Waals surface area (Å²) in [6.45, 7) is -2.57. The highest BCUT2D eigenvalue weighted by Gasteiger charge is 2.34. The lowest BCUT2D eigenvalue weighted by molar-refractivity contribution is -0.149. The van der Waals surface area contributed by atoms with Gasteiger partial charge in [0.1, 0.15) is 0 Å². The van der Waals surface area contributed by atoms with E-state index < -0.39 is 66.9 Å². The second-order valence-electron chi connectivity index (χ2n) is 4.53. The van der Waals surface area contributed by atoms with Gasteiger partial charge < -0.3 is 35.4 Å². The Morgan fingerprint density at radius 1 is 0.739 bits per heavy atom. The van der Waals surface area contributed by atoms with Crippen LogP contribution in [0.2, 0.25) is 0 Å². The van der Waals surface area contributed by atoms with Crippen molar-refractivity contribution in [1.82, 2.24) is 0 Å². The van der Waals surface area contributed by atoms with E-state index >= 15 is 0 Å². The van der Waals surface area contributed by atoms with E-state index in [9.17, 15) is 19.2 Å². The molecule has 0 saturated heterocycles. The summed E-state index contributed by atoms with van der Waals surface area (Å²) in [5.41, 5.74) is -4.64. The van der Waals surface area contributed by atoms with Crippen molar-refractivity contribution in [1.29, 1.82) is 0 Å². The first kappa shape index (κ1) is 20.5. The van der Waals surface area contributed by atoms with Crippen LogP contribution in [0.3, 0.4) is 0 Å². The Balaban J connectivity index is 5.25. The minimum atomic E-state index is -2.14. The Morgan fingerprint density at radius 2 is 1.13 bits per heavy atom. The molecule has 0 rings (SSSR count). The minimum absolute atomic E-state index is 0.273. The van der Waals surface area contributed by atoms with Crippen molar-refractivity contribution in [2.45, 2.75) is 6.42 Å². The molecule has 0 amide bonds. The van der Waals surface area contributed by atoms with Gasteiger partial charge in [0.05, 0.1) is 26.4 Å². The zero-order valence-corrected chi connectivity index (χ0v) is 11.8. The predicted molar refractivity (Wildman–Crippen MR) is 69.2 cm³/mol. The van der Waals surface area contributed by atoms with Crippen LogP contribution in [-0.4, -0.2) is 80.9 Å². The van der Waals surface area contributed by atoms with Crippen LogP contribution < -0.4 is 0 Å². The van der Waals surface area contributed by atoms with E-state index in [0.29, 0.717) is 0 Å². The Labute approximate surface area is 129 Å². The summed E-state index contributed by atoms with van der Waals surface area (Å²) in [6, 6.07) is 0. The topological polar surface area (TPSA) is 199 Å². The minimum Gasteiger partial charge on any atom is -0.477 e. The van der Waals surface area contributed by atoms with Crippen LogP contribution in [0.5, 0.6) is 0 Å².